The molecule has 0 aromatic heterocycles. The van der Waals surface area contributed by atoms with E-state index in [2.05, 4.69) is 4.72 Å². The minimum Gasteiger partial charge on any atom is -0.389 e. The van der Waals surface area contributed by atoms with Crippen LogP contribution in [0.15, 0.2) is 29.2 Å². The smallest absolute Gasteiger partial charge is 0.240 e. The van der Waals surface area contributed by atoms with Crippen LogP contribution in [0.1, 0.15) is 25.5 Å². The van der Waals surface area contributed by atoms with Gasteiger partial charge in [-0.2, -0.15) is 0 Å². The van der Waals surface area contributed by atoms with Crippen molar-refractivity contribution < 1.29 is 17.7 Å². The Balaban J connectivity index is 2.85. The number of sulfonamides is 1. The number of hydrogen-bond acceptors (Lipinski definition) is 4. The second kappa shape index (κ2) is 6.60. The number of aliphatic hydroxyl groups is 1. The Bertz CT molecular complexity index is 537. The SMILES string of the molecule is CC(CS(C)=O)NS(=O)(=O)c1ccc(C(C)O)cc1. The van der Waals surface area contributed by atoms with Crippen molar-refractivity contribution in [2.75, 3.05) is 12.0 Å². The van der Waals surface area contributed by atoms with Crippen molar-refractivity contribution in [2.45, 2.75) is 30.9 Å². The molecule has 2 N–H and O–H groups in total. The van der Waals surface area contributed by atoms with Crippen molar-refractivity contribution in [1.82, 2.24) is 4.72 Å². The van der Waals surface area contributed by atoms with Crippen LogP contribution in [0.25, 0.3) is 0 Å². The van der Waals surface area contributed by atoms with Crippen LogP contribution in [-0.4, -0.2) is 35.8 Å². The van der Waals surface area contributed by atoms with Gasteiger partial charge in [-0.1, -0.05) is 12.1 Å². The van der Waals surface area contributed by atoms with E-state index < -0.39 is 33.0 Å². The highest BCUT2D eigenvalue weighted by Gasteiger charge is 2.18. The lowest BCUT2D eigenvalue weighted by molar-refractivity contribution is 0.199. The summed E-state index contributed by atoms with van der Waals surface area (Å²) in [5.41, 5.74) is 0.654. The fourth-order valence-electron chi connectivity index (χ4n) is 1.64. The Morgan fingerprint density at radius 1 is 1.26 bits per heavy atom. The van der Waals surface area contributed by atoms with Crippen LogP contribution < -0.4 is 4.72 Å². The first-order chi connectivity index (χ1) is 8.72. The van der Waals surface area contributed by atoms with Crippen molar-refractivity contribution in [3.05, 3.63) is 29.8 Å². The Labute approximate surface area is 116 Å². The molecular formula is C12H19NO4S2. The predicted molar refractivity (Wildman–Crippen MR) is 75.8 cm³/mol. The monoisotopic (exact) mass is 305 g/mol. The molecule has 19 heavy (non-hydrogen) atoms. The molecule has 0 saturated heterocycles. The molecule has 0 heterocycles. The van der Waals surface area contributed by atoms with Crippen molar-refractivity contribution in [3.63, 3.8) is 0 Å². The molecule has 0 amide bonds. The van der Waals surface area contributed by atoms with Gasteiger partial charge in [0.05, 0.1) is 11.0 Å². The molecule has 0 saturated carbocycles. The molecule has 108 valence electrons. The first kappa shape index (κ1) is 16.3. The van der Waals surface area contributed by atoms with Crippen LogP contribution >= 0.6 is 0 Å². The van der Waals surface area contributed by atoms with E-state index in [-0.39, 0.29) is 10.6 Å². The second-order valence-electron chi connectivity index (χ2n) is 4.51. The van der Waals surface area contributed by atoms with Gasteiger partial charge in [-0.3, -0.25) is 4.21 Å². The third-order valence-electron chi connectivity index (χ3n) is 2.51. The van der Waals surface area contributed by atoms with Gasteiger partial charge in [-0.15, -0.1) is 0 Å². The van der Waals surface area contributed by atoms with E-state index in [0.717, 1.165) is 0 Å². The average Bonchev–Trinajstić information content (AvgIpc) is 2.27. The summed E-state index contributed by atoms with van der Waals surface area (Å²) in [6.45, 7) is 3.28. The molecule has 7 heteroatoms. The molecule has 0 aliphatic carbocycles. The average molecular weight is 305 g/mol. The van der Waals surface area contributed by atoms with Crippen molar-refractivity contribution in [3.8, 4) is 0 Å². The molecular weight excluding hydrogens is 286 g/mol. The summed E-state index contributed by atoms with van der Waals surface area (Å²) in [7, 11) is -4.67. The van der Waals surface area contributed by atoms with Crippen LogP contribution in [0, 0.1) is 0 Å². The first-order valence-electron chi connectivity index (χ1n) is 5.83. The Hall–Kier alpha value is -0.760. The quantitative estimate of drug-likeness (QED) is 0.814. The third-order valence-corrected chi connectivity index (χ3v) is 5.09. The highest BCUT2D eigenvalue weighted by atomic mass is 32.2. The summed E-state index contributed by atoms with van der Waals surface area (Å²) in [6.07, 6.45) is 0.897. The maximum atomic E-state index is 12.0. The normalized spacial score (nSPS) is 16.8. The first-order valence-corrected chi connectivity index (χ1v) is 9.04. The summed E-state index contributed by atoms with van der Waals surface area (Å²) in [4.78, 5) is 0.130. The minimum absolute atomic E-state index is 0.130. The molecule has 0 aliphatic rings. The molecule has 3 atom stereocenters. The number of benzene rings is 1. The highest BCUT2D eigenvalue weighted by molar-refractivity contribution is 7.89. The van der Waals surface area contributed by atoms with Crippen LogP contribution in [-0.2, 0) is 20.8 Å². The van der Waals surface area contributed by atoms with E-state index >= 15 is 0 Å². The van der Waals surface area contributed by atoms with Crippen LogP contribution in [0.2, 0.25) is 0 Å². The Morgan fingerprint density at radius 2 is 1.79 bits per heavy atom. The molecule has 5 nitrogen and oxygen atoms in total. The number of aliphatic hydroxyl groups excluding tert-OH is 1. The van der Waals surface area contributed by atoms with E-state index in [4.69, 9.17) is 0 Å². The lowest BCUT2D eigenvalue weighted by Gasteiger charge is -2.13. The van der Waals surface area contributed by atoms with Gasteiger partial charge in [0.1, 0.15) is 0 Å². The van der Waals surface area contributed by atoms with E-state index in [1.54, 1.807) is 26.0 Å². The van der Waals surface area contributed by atoms with E-state index in [1.165, 1.54) is 18.4 Å². The van der Waals surface area contributed by atoms with Crippen molar-refractivity contribution in [1.29, 1.82) is 0 Å². The highest BCUT2D eigenvalue weighted by Crippen LogP contribution is 2.16. The van der Waals surface area contributed by atoms with E-state index in [0.29, 0.717) is 5.56 Å². The summed E-state index contributed by atoms with van der Waals surface area (Å²) >= 11 is 0. The molecule has 0 spiro atoms. The molecule has 1 aromatic carbocycles. The third kappa shape index (κ3) is 5.02. The summed E-state index contributed by atoms with van der Waals surface area (Å²) in [5, 5.41) is 9.36. The van der Waals surface area contributed by atoms with Crippen LogP contribution in [0.5, 0.6) is 0 Å². The number of nitrogens with one attached hydrogen (secondary N) is 1. The fraction of sp³-hybridized carbons (Fsp3) is 0.500. The summed E-state index contributed by atoms with van der Waals surface area (Å²) in [5.74, 6) is 0.269. The second-order valence-corrected chi connectivity index (χ2v) is 7.70. The molecule has 1 aromatic rings. The zero-order chi connectivity index (χ0) is 14.6. The van der Waals surface area contributed by atoms with Gasteiger partial charge in [0.15, 0.2) is 0 Å². The van der Waals surface area contributed by atoms with Crippen LogP contribution in [0.4, 0.5) is 0 Å². The maximum Gasteiger partial charge on any atom is 0.240 e. The lowest BCUT2D eigenvalue weighted by atomic mass is 10.1. The lowest BCUT2D eigenvalue weighted by Crippen LogP contribution is -2.36. The van der Waals surface area contributed by atoms with E-state index in [9.17, 15) is 17.7 Å². The zero-order valence-corrected chi connectivity index (χ0v) is 12.8. The molecule has 1 rings (SSSR count). The van der Waals surface area contributed by atoms with Crippen LogP contribution in [0.3, 0.4) is 0 Å². The zero-order valence-electron chi connectivity index (χ0n) is 11.2. The van der Waals surface area contributed by atoms with E-state index in [1.807, 2.05) is 0 Å². The van der Waals surface area contributed by atoms with Gasteiger partial charge in [0.2, 0.25) is 10.0 Å². The fourth-order valence-corrected chi connectivity index (χ4v) is 3.78. The predicted octanol–water partition coefficient (Wildman–Crippen LogP) is 0.785. The van der Waals surface area contributed by atoms with Gasteiger partial charge >= 0.3 is 0 Å². The molecule has 0 aliphatic heterocycles. The summed E-state index contributed by atoms with van der Waals surface area (Å²) in [6, 6.07) is 5.64. The molecule has 3 unspecified atom stereocenters. The van der Waals surface area contributed by atoms with Gasteiger partial charge in [-0.05, 0) is 31.5 Å². The van der Waals surface area contributed by atoms with Gasteiger partial charge in [-0.25, -0.2) is 13.1 Å². The minimum atomic E-state index is -3.61. The molecule has 0 bridgehead atoms. The van der Waals surface area contributed by atoms with Gasteiger partial charge in [0.25, 0.3) is 0 Å². The molecule has 0 fully saturated rings. The van der Waals surface area contributed by atoms with Crippen molar-refractivity contribution in [2.24, 2.45) is 0 Å². The number of rotatable bonds is 6. The molecule has 0 radical (unpaired) electrons. The topological polar surface area (TPSA) is 83.5 Å². The standard InChI is InChI=1S/C12H19NO4S2/c1-9(8-18(3)15)13-19(16,17)12-6-4-11(5-7-12)10(2)14/h4-7,9-10,13-14H,8H2,1-3H3. The van der Waals surface area contributed by atoms with Gasteiger partial charge < -0.3 is 5.11 Å². The summed E-state index contributed by atoms with van der Waals surface area (Å²) < 4.78 is 37.6. The largest absolute Gasteiger partial charge is 0.389 e. The Morgan fingerprint density at radius 3 is 2.21 bits per heavy atom. The Kier molecular flexibility index (Phi) is 5.66. The van der Waals surface area contributed by atoms with Gasteiger partial charge in [0, 0.05) is 28.9 Å². The van der Waals surface area contributed by atoms with Crippen molar-refractivity contribution >= 4 is 20.8 Å². The number of hydrogen-bond donors (Lipinski definition) is 2. The maximum absolute atomic E-state index is 12.0.